The molecule has 31 heavy (non-hydrogen) atoms. The fourth-order valence-electron chi connectivity index (χ4n) is 3.17. The van der Waals surface area contributed by atoms with Crippen molar-refractivity contribution in [1.29, 1.82) is 0 Å². The van der Waals surface area contributed by atoms with Gasteiger partial charge in [0.05, 0.1) is 6.54 Å². The summed E-state index contributed by atoms with van der Waals surface area (Å²) in [4.78, 5) is 37.0. The number of ether oxygens (including phenoxy) is 1. The van der Waals surface area contributed by atoms with Gasteiger partial charge in [-0.05, 0) is 54.6 Å². The van der Waals surface area contributed by atoms with E-state index in [4.69, 9.17) is 4.74 Å². The Kier molecular flexibility index (Phi) is 6.49. The monoisotopic (exact) mass is 423 g/mol. The topological polar surface area (TPSA) is 87.7 Å². The third kappa shape index (κ3) is 4.98. The van der Waals surface area contributed by atoms with Crippen molar-refractivity contribution in [3.8, 4) is 11.5 Å². The maximum Gasteiger partial charge on any atom is 0.322 e. The molecule has 2 N–H and O–H groups in total. The quantitative estimate of drug-likeness (QED) is 0.295. The van der Waals surface area contributed by atoms with Gasteiger partial charge in [-0.3, -0.25) is 14.9 Å². The smallest absolute Gasteiger partial charge is 0.322 e. The van der Waals surface area contributed by atoms with E-state index in [2.05, 4.69) is 10.6 Å². The van der Waals surface area contributed by atoms with Gasteiger partial charge >= 0.3 is 6.03 Å². The highest BCUT2D eigenvalue weighted by Gasteiger charge is 2.48. The second kappa shape index (κ2) is 9.25. The molecule has 1 aliphatic rings. The van der Waals surface area contributed by atoms with E-state index >= 15 is 0 Å². The highest BCUT2D eigenvalue weighted by atomic mass is 19.1. The molecule has 3 rings (SSSR count). The first-order valence-electron chi connectivity index (χ1n) is 9.51. The van der Waals surface area contributed by atoms with Crippen LogP contribution < -0.4 is 15.4 Å². The van der Waals surface area contributed by atoms with Gasteiger partial charge in [0.25, 0.3) is 5.91 Å². The lowest BCUT2D eigenvalue weighted by Gasteiger charge is -2.31. The normalized spacial score (nSPS) is 18.6. The van der Waals surface area contributed by atoms with Crippen LogP contribution in [0.3, 0.4) is 0 Å². The van der Waals surface area contributed by atoms with Gasteiger partial charge in [-0.15, -0.1) is 0 Å². The van der Waals surface area contributed by atoms with Gasteiger partial charge in [0.2, 0.25) is 0 Å². The molecule has 2 aromatic carbocycles. The Balaban J connectivity index is 1.88. The average molecular weight is 423 g/mol. The molecule has 1 aliphatic heterocycles. The Labute approximate surface area is 179 Å². The third-order valence-electron chi connectivity index (χ3n) is 4.71. The molecular weight excluding hydrogens is 401 g/mol. The van der Waals surface area contributed by atoms with E-state index in [1.165, 1.54) is 12.1 Å². The van der Waals surface area contributed by atoms with E-state index < -0.39 is 23.3 Å². The minimum absolute atomic E-state index is 0.00226. The third-order valence-corrected chi connectivity index (χ3v) is 4.71. The molecule has 7 nitrogen and oxygen atoms in total. The van der Waals surface area contributed by atoms with Crippen molar-refractivity contribution < 1.29 is 23.5 Å². The van der Waals surface area contributed by atoms with Crippen LogP contribution in [0.25, 0.3) is 0 Å². The summed E-state index contributed by atoms with van der Waals surface area (Å²) in [6, 6.07) is 12.2. The average Bonchev–Trinajstić information content (AvgIpc) is 3.03. The van der Waals surface area contributed by atoms with Crippen LogP contribution >= 0.6 is 0 Å². The Morgan fingerprint density at radius 1 is 1.19 bits per heavy atom. The van der Waals surface area contributed by atoms with Crippen molar-refractivity contribution in [2.75, 3.05) is 13.6 Å². The molecule has 0 radical (unpaired) electrons. The number of rotatable bonds is 8. The van der Waals surface area contributed by atoms with Crippen molar-refractivity contribution in [1.82, 2.24) is 15.5 Å². The van der Waals surface area contributed by atoms with Gasteiger partial charge < -0.3 is 15.0 Å². The summed E-state index contributed by atoms with van der Waals surface area (Å²) >= 11 is 0. The van der Waals surface area contributed by atoms with E-state index in [0.717, 1.165) is 6.29 Å². The lowest BCUT2D eigenvalue weighted by molar-refractivity contribution is -0.124. The predicted molar refractivity (Wildman–Crippen MR) is 113 cm³/mol. The largest absolute Gasteiger partial charge is 0.454 e. The first kappa shape index (κ1) is 21.8. The second-order valence-electron chi connectivity index (χ2n) is 7.16. The second-order valence-corrected chi connectivity index (χ2v) is 7.16. The number of likely N-dealkylation sites (N-methyl/N-ethyl adjacent to an activating group) is 1. The summed E-state index contributed by atoms with van der Waals surface area (Å²) < 4.78 is 20.4. The number of halogens is 1. The molecule has 1 saturated heterocycles. The molecule has 0 saturated carbocycles. The Morgan fingerprint density at radius 2 is 1.94 bits per heavy atom. The fraction of sp³-hybridized carbons (Fsp3) is 0.174. The summed E-state index contributed by atoms with van der Waals surface area (Å²) in [6.07, 6.45) is 5.62. The highest BCUT2D eigenvalue weighted by Crippen LogP contribution is 2.31. The Morgan fingerprint density at radius 3 is 2.55 bits per heavy atom. The van der Waals surface area contributed by atoms with Crippen LogP contribution in [-0.4, -0.2) is 36.7 Å². The standard InChI is InChI=1S/C23H22FN3O4/c1-16(14-28)7-6-12-27(2)15-23(21(29)25-22(30)26-23)17-10-11-20(19(24)13-17)31-18-8-4-3-5-9-18/h3-14H,15H2,1-2H3,(H2,25,26,29,30)/b12-6-,16-7-. The Hall–Kier alpha value is -3.94. The van der Waals surface area contributed by atoms with E-state index in [1.54, 1.807) is 67.6 Å². The first-order valence-corrected chi connectivity index (χ1v) is 9.51. The molecule has 8 heteroatoms. The molecular formula is C23H22FN3O4. The number of nitrogens with one attached hydrogen (secondary N) is 2. The SMILES string of the molecule is C/C(C=O)=C/C=C\N(C)CC1(c2ccc(Oc3ccccc3)c(F)c2)NC(=O)NC1=O. The molecule has 3 amide bonds. The van der Waals surface area contributed by atoms with E-state index in [-0.39, 0.29) is 17.9 Å². The van der Waals surface area contributed by atoms with Crippen LogP contribution in [0.15, 0.2) is 72.5 Å². The maximum atomic E-state index is 14.8. The molecule has 0 aliphatic carbocycles. The maximum absolute atomic E-state index is 14.8. The van der Waals surface area contributed by atoms with Crippen molar-refractivity contribution in [3.63, 3.8) is 0 Å². The van der Waals surface area contributed by atoms with Gasteiger partial charge in [0.15, 0.2) is 17.1 Å². The molecule has 0 aromatic heterocycles. The zero-order valence-electron chi connectivity index (χ0n) is 17.1. The minimum atomic E-state index is -1.49. The van der Waals surface area contributed by atoms with Gasteiger partial charge in [0.1, 0.15) is 12.0 Å². The van der Waals surface area contributed by atoms with Gasteiger partial charge in [-0.2, -0.15) is 0 Å². The van der Waals surface area contributed by atoms with Crippen molar-refractivity contribution >= 4 is 18.2 Å². The van der Waals surface area contributed by atoms with Crippen LogP contribution in [0.2, 0.25) is 0 Å². The van der Waals surface area contributed by atoms with Crippen LogP contribution in [0.1, 0.15) is 12.5 Å². The first-order chi connectivity index (χ1) is 14.8. The number of benzene rings is 2. The Bertz CT molecular complexity index is 1050. The summed E-state index contributed by atoms with van der Waals surface area (Å²) in [6.45, 7) is 1.69. The van der Waals surface area contributed by atoms with Crippen molar-refractivity contribution in [3.05, 3.63) is 83.8 Å². The number of imide groups is 1. The number of amides is 3. The number of hydrogen-bond donors (Lipinski definition) is 2. The van der Waals surface area contributed by atoms with E-state index in [9.17, 15) is 18.8 Å². The lowest BCUT2D eigenvalue weighted by Crippen LogP contribution is -2.51. The van der Waals surface area contributed by atoms with Crippen LogP contribution in [0.5, 0.6) is 11.5 Å². The van der Waals surface area contributed by atoms with Gasteiger partial charge in [0, 0.05) is 7.05 Å². The number of allylic oxidation sites excluding steroid dienone is 3. The zero-order valence-corrected chi connectivity index (χ0v) is 17.1. The van der Waals surface area contributed by atoms with Gasteiger partial charge in [-0.1, -0.05) is 30.3 Å². The van der Waals surface area contributed by atoms with Crippen LogP contribution in [0, 0.1) is 5.82 Å². The predicted octanol–water partition coefficient (Wildman–Crippen LogP) is 3.24. The summed E-state index contributed by atoms with van der Waals surface area (Å²) in [7, 11) is 1.70. The summed E-state index contributed by atoms with van der Waals surface area (Å²) in [5.41, 5.74) is -0.693. The number of carbonyl (C=O) groups is 3. The number of para-hydroxylation sites is 1. The number of hydrogen-bond acceptors (Lipinski definition) is 5. The summed E-state index contributed by atoms with van der Waals surface area (Å²) in [5.74, 6) is -0.789. The molecule has 0 spiro atoms. The lowest BCUT2D eigenvalue weighted by atomic mass is 9.89. The van der Waals surface area contributed by atoms with Crippen molar-refractivity contribution in [2.24, 2.45) is 0 Å². The minimum Gasteiger partial charge on any atom is -0.454 e. The number of nitrogens with zero attached hydrogens (tertiary/aromatic N) is 1. The van der Waals surface area contributed by atoms with Gasteiger partial charge in [-0.25, -0.2) is 9.18 Å². The zero-order chi connectivity index (χ0) is 22.4. The van der Waals surface area contributed by atoms with E-state index in [1.807, 2.05) is 6.07 Å². The molecule has 1 unspecified atom stereocenters. The van der Waals surface area contributed by atoms with Crippen molar-refractivity contribution in [2.45, 2.75) is 12.5 Å². The number of urea groups is 1. The van der Waals surface area contributed by atoms with Crippen LogP contribution in [-0.2, 0) is 15.1 Å². The number of aldehydes is 1. The molecule has 1 atom stereocenters. The molecule has 2 aromatic rings. The van der Waals surface area contributed by atoms with Crippen LogP contribution in [0.4, 0.5) is 9.18 Å². The molecule has 160 valence electrons. The fourth-order valence-corrected chi connectivity index (χ4v) is 3.17. The molecule has 1 fully saturated rings. The summed E-state index contributed by atoms with van der Waals surface area (Å²) in [5, 5.41) is 4.83. The molecule has 1 heterocycles. The number of carbonyl (C=O) groups excluding carboxylic acids is 3. The highest BCUT2D eigenvalue weighted by molar-refractivity contribution is 6.07. The van der Waals surface area contributed by atoms with E-state index in [0.29, 0.717) is 11.3 Å². The molecule has 0 bridgehead atoms.